The lowest BCUT2D eigenvalue weighted by Gasteiger charge is -2.25. The molecule has 0 radical (unpaired) electrons. The summed E-state index contributed by atoms with van der Waals surface area (Å²) in [6.07, 6.45) is 51.7. The molecule has 0 heterocycles. The van der Waals surface area contributed by atoms with Gasteiger partial charge in [0.1, 0.15) is 13.2 Å². The van der Waals surface area contributed by atoms with Crippen LogP contribution in [-0.2, 0) is 33.3 Å². The van der Waals surface area contributed by atoms with Gasteiger partial charge in [0.2, 0.25) is 0 Å². The third kappa shape index (κ3) is 50.2. The van der Waals surface area contributed by atoms with Crippen molar-refractivity contribution in [1.82, 2.24) is 0 Å². The lowest BCUT2D eigenvalue weighted by molar-refractivity contribution is -0.870. The molecule has 9 heteroatoms. The highest BCUT2D eigenvalue weighted by Gasteiger charge is 2.25. The smallest absolute Gasteiger partial charge is 0.361 e. The normalized spacial score (nSPS) is 12.7. The second kappa shape index (κ2) is 49.7. The predicted octanol–water partition coefficient (Wildman–Crippen LogP) is 16.4. The summed E-state index contributed by atoms with van der Waals surface area (Å²) in [5.41, 5.74) is 0. The van der Waals surface area contributed by atoms with Gasteiger partial charge in [-0.2, -0.15) is 0 Å². The fraction of sp³-hybridized carbons (Fsp3) is 0.947. The first-order valence-electron chi connectivity index (χ1n) is 28.7. The lowest BCUT2D eigenvalue weighted by atomic mass is 10.0. The van der Waals surface area contributed by atoms with E-state index in [1.165, 1.54) is 225 Å². The second-order valence-corrected chi connectivity index (χ2v) is 21.0. The van der Waals surface area contributed by atoms with Crippen molar-refractivity contribution in [3.63, 3.8) is 0 Å². The van der Waals surface area contributed by atoms with E-state index < -0.39 is 18.4 Å². The van der Waals surface area contributed by atoms with E-state index in [2.05, 4.69) is 13.8 Å². The number of esters is 2. The first kappa shape index (κ1) is 64.3. The van der Waals surface area contributed by atoms with Gasteiger partial charge in [0.25, 0.3) is 6.29 Å². The van der Waals surface area contributed by atoms with E-state index in [-0.39, 0.29) is 38.2 Å². The van der Waals surface area contributed by atoms with Crippen LogP contribution in [0.15, 0.2) is 0 Å². The first-order chi connectivity index (χ1) is 32.1. The average molecular weight is 940 g/mol. The summed E-state index contributed by atoms with van der Waals surface area (Å²) in [6, 6.07) is 0. The Hall–Kier alpha value is -1.71. The number of hydrogen-bond donors (Lipinski definition) is 1. The van der Waals surface area contributed by atoms with Crippen molar-refractivity contribution in [2.75, 3.05) is 47.5 Å². The SMILES string of the molecule is CCCCCCCCCCCCCCCCCCCCCCCCCC(=O)OC(COC(=O)CCCCCCCCCCCCCCCCCCCC)COC(OCC[N+](C)(C)C)C(=O)O. The summed E-state index contributed by atoms with van der Waals surface area (Å²) in [5.74, 6) is -1.97. The molecule has 0 bridgehead atoms. The molecule has 0 saturated heterocycles. The van der Waals surface area contributed by atoms with Crippen LogP contribution in [-0.4, -0.2) is 87.4 Å². The van der Waals surface area contributed by atoms with Gasteiger partial charge in [0, 0.05) is 12.8 Å². The van der Waals surface area contributed by atoms with Crippen LogP contribution in [0.4, 0.5) is 0 Å². The van der Waals surface area contributed by atoms with Crippen LogP contribution < -0.4 is 0 Å². The molecule has 0 rings (SSSR count). The maximum Gasteiger partial charge on any atom is 0.361 e. The van der Waals surface area contributed by atoms with Crippen molar-refractivity contribution in [2.45, 2.75) is 302 Å². The first-order valence-corrected chi connectivity index (χ1v) is 28.7. The number of nitrogens with zero attached hydrogens (tertiary/aromatic N) is 1. The number of aliphatic carboxylic acids is 1. The van der Waals surface area contributed by atoms with Crippen LogP contribution in [0.1, 0.15) is 290 Å². The average Bonchev–Trinajstić information content (AvgIpc) is 3.28. The Kier molecular flexibility index (Phi) is 48.4. The number of likely N-dealkylation sites (N-methyl/N-ethyl adjacent to an activating group) is 1. The van der Waals surface area contributed by atoms with Crippen molar-refractivity contribution >= 4 is 17.9 Å². The van der Waals surface area contributed by atoms with Gasteiger partial charge in [0.15, 0.2) is 6.10 Å². The van der Waals surface area contributed by atoms with Crippen molar-refractivity contribution < 1.29 is 42.9 Å². The van der Waals surface area contributed by atoms with Crippen LogP contribution in [0.5, 0.6) is 0 Å². The van der Waals surface area contributed by atoms with Crippen LogP contribution >= 0.6 is 0 Å². The molecule has 0 spiro atoms. The Morgan fingerprint density at radius 1 is 0.394 bits per heavy atom. The topological polar surface area (TPSA) is 108 Å². The molecule has 0 aliphatic heterocycles. The quantitative estimate of drug-likeness (QED) is 0.0278. The minimum Gasteiger partial charge on any atom is -0.477 e. The Balaban J connectivity index is 4.20. The van der Waals surface area contributed by atoms with Crippen molar-refractivity contribution in [3.05, 3.63) is 0 Å². The summed E-state index contributed by atoms with van der Waals surface area (Å²) in [6.45, 7) is 4.95. The maximum atomic E-state index is 12.9. The molecular weight excluding hydrogens is 827 g/mol. The predicted molar refractivity (Wildman–Crippen MR) is 277 cm³/mol. The highest BCUT2D eigenvalue weighted by molar-refractivity contribution is 5.71. The third-order valence-electron chi connectivity index (χ3n) is 13.1. The van der Waals surface area contributed by atoms with Crippen molar-refractivity contribution in [3.8, 4) is 0 Å². The van der Waals surface area contributed by atoms with E-state index in [0.717, 1.165) is 38.5 Å². The maximum absolute atomic E-state index is 12.9. The Labute approximate surface area is 409 Å². The largest absolute Gasteiger partial charge is 0.477 e. The van der Waals surface area contributed by atoms with Gasteiger partial charge in [0.05, 0.1) is 34.4 Å². The molecule has 0 aliphatic rings. The van der Waals surface area contributed by atoms with Gasteiger partial charge in [-0.05, 0) is 12.8 Å². The molecule has 1 N–H and O–H groups in total. The molecule has 2 unspecified atom stereocenters. The summed E-state index contributed by atoms with van der Waals surface area (Å²) >= 11 is 0. The number of unbranched alkanes of at least 4 members (excludes halogenated alkanes) is 39. The van der Waals surface area contributed by atoms with Crippen LogP contribution in [0.25, 0.3) is 0 Å². The van der Waals surface area contributed by atoms with Gasteiger partial charge in [-0.1, -0.05) is 264 Å². The highest BCUT2D eigenvalue weighted by Crippen LogP contribution is 2.18. The van der Waals surface area contributed by atoms with Crippen LogP contribution in [0, 0.1) is 0 Å². The van der Waals surface area contributed by atoms with E-state index in [1.54, 1.807) is 0 Å². The molecule has 0 aromatic rings. The molecule has 2 atom stereocenters. The van der Waals surface area contributed by atoms with Crippen LogP contribution in [0.3, 0.4) is 0 Å². The molecule has 0 amide bonds. The highest BCUT2D eigenvalue weighted by atomic mass is 16.7. The van der Waals surface area contributed by atoms with E-state index in [0.29, 0.717) is 17.4 Å². The number of carboxylic acid groups (broad SMARTS) is 1. The number of carbonyl (C=O) groups excluding carboxylic acids is 2. The van der Waals surface area contributed by atoms with Crippen molar-refractivity contribution in [2.24, 2.45) is 0 Å². The van der Waals surface area contributed by atoms with E-state index >= 15 is 0 Å². The number of rotatable bonds is 54. The molecule has 0 aliphatic carbocycles. The zero-order valence-corrected chi connectivity index (χ0v) is 44.6. The Bertz CT molecular complexity index is 1050. The number of ether oxygens (including phenoxy) is 4. The minimum absolute atomic E-state index is 0.172. The van der Waals surface area contributed by atoms with Gasteiger partial charge in [-0.25, -0.2) is 4.79 Å². The zero-order valence-electron chi connectivity index (χ0n) is 44.6. The van der Waals surface area contributed by atoms with E-state index in [9.17, 15) is 19.5 Å². The molecule has 9 nitrogen and oxygen atoms in total. The monoisotopic (exact) mass is 939 g/mol. The lowest BCUT2D eigenvalue weighted by Crippen LogP contribution is -2.40. The minimum atomic E-state index is -1.50. The van der Waals surface area contributed by atoms with Crippen LogP contribution in [0.2, 0.25) is 0 Å². The van der Waals surface area contributed by atoms with Gasteiger partial charge >= 0.3 is 17.9 Å². The summed E-state index contributed by atoms with van der Waals surface area (Å²) in [5, 5.41) is 9.69. The molecular formula is C57H112NO8+. The number of carbonyl (C=O) groups is 3. The number of quaternary nitrogens is 1. The fourth-order valence-electron chi connectivity index (χ4n) is 8.66. The summed E-state index contributed by atoms with van der Waals surface area (Å²) in [4.78, 5) is 37.4. The summed E-state index contributed by atoms with van der Waals surface area (Å²) in [7, 11) is 5.98. The third-order valence-corrected chi connectivity index (χ3v) is 13.1. The summed E-state index contributed by atoms with van der Waals surface area (Å²) < 4.78 is 22.9. The molecule has 392 valence electrons. The van der Waals surface area contributed by atoms with E-state index in [1.807, 2.05) is 21.1 Å². The molecule has 0 saturated carbocycles. The molecule has 0 aromatic heterocycles. The second-order valence-electron chi connectivity index (χ2n) is 21.0. The Morgan fingerprint density at radius 3 is 0.970 bits per heavy atom. The van der Waals surface area contributed by atoms with Gasteiger partial charge in [-0.3, -0.25) is 9.59 Å². The van der Waals surface area contributed by atoms with E-state index in [4.69, 9.17) is 18.9 Å². The molecule has 0 fully saturated rings. The standard InChI is InChI=1S/C57H111NO8/c1-6-8-10-12-14-16-18-20-22-24-26-27-28-29-30-32-34-36-38-40-42-44-46-48-55(60)66-53(52-65-57(56(61)62)63-50-49-58(3,4)5)51-64-54(59)47-45-43-41-39-37-35-33-31-25-23-21-19-17-15-13-11-9-7-2/h53,57H,6-52H2,1-5H3/p+1. The Morgan fingerprint density at radius 2 is 0.682 bits per heavy atom. The van der Waals surface area contributed by atoms with Crippen molar-refractivity contribution in [1.29, 1.82) is 0 Å². The molecule has 66 heavy (non-hydrogen) atoms. The molecule has 0 aromatic carbocycles. The number of hydrogen-bond acceptors (Lipinski definition) is 7. The fourth-order valence-corrected chi connectivity index (χ4v) is 8.66. The van der Waals surface area contributed by atoms with Gasteiger partial charge in [-0.15, -0.1) is 0 Å². The zero-order chi connectivity index (χ0) is 48.4. The number of carboxylic acids is 1. The van der Waals surface area contributed by atoms with Gasteiger partial charge < -0.3 is 28.5 Å².